The first-order chi connectivity index (χ1) is 9.38. The van der Waals surface area contributed by atoms with Gasteiger partial charge in [0.1, 0.15) is 5.69 Å². The molecule has 0 unspecified atom stereocenters. The third kappa shape index (κ3) is 2.97. The number of hydrogen-bond acceptors (Lipinski definition) is 6. The zero-order valence-corrected chi connectivity index (χ0v) is 12.6. The minimum Gasteiger partial charge on any atom is -0.368 e. The van der Waals surface area contributed by atoms with E-state index in [1.807, 2.05) is 0 Å². The molecule has 0 amide bonds. The fourth-order valence-electron chi connectivity index (χ4n) is 1.62. The van der Waals surface area contributed by atoms with E-state index in [2.05, 4.69) is 31.2 Å². The molecule has 0 aliphatic heterocycles. The molecule has 2 aromatic rings. The Labute approximate surface area is 127 Å². The first kappa shape index (κ1) is 14.5. The van der Waals surface area contributed by atoms with Gasteiger partial charge in [0, 0.05) is 9.50 Å². The van der Waals surface area contributed by atoms with Crippen molar-refractivity contribution < 1.29 is 4.92 Å². The Morgan fingerprint density at radius 2 is 2.15 bits per heavy atom. The van der Waals surface area contributed by atoms with Crippen LogP contribution in [0.1, 0.15) is 5.69 Å². The van der Waals surface area contributed by atoms with E-state index in [4.69, 9.17) is 17.3 Å². The number of nitrogens with one attached hydrogen (secondary N) is 1. The lowest BCUT2D eigenvalue weighted by Gasteiger charge is -2.10. The molecule has 1 aromatic heterocycles. The Bertz CT molecular complexity index is 695. The maximum atomic E-state index is 11.1. The van der Waals surface area contributed by atoms with Crippen LogP contribution in [0.4, 0.5) is 23.1 Å². The molecule has 0 aliphatic carbocycles. The van der Waals surface area contributed by atoms with Gasteiger partial charge in [0.2, 0.25) is 11.8 Å². The van der Waals surface area contributed by atoms with Gasteiger partial charge in [-0.15, -0.1) is 0 Å². The summed E-state index contributed by atoms with van der Waals surface area (Å²) >= 11 is 9.22. The third-order valence-electron chi connectivity index (χ3n) is 2.44. The average molecular weight is 359 g/mol. The van der Waals surface area contributed by atoms with E-state index in [1.165, 1.54) is 6.92 Å². The minimum absolute atomic E-state index is 0.0166. The van der Waals surface area contributed by atoms with Gasteiger partial charge in [-0.1, -0.05) is 11.6 Å². The molecule has 1 heterocycles. The summed E-state index contributed by atoms with van der Waals surface area (Å²) in [5, 5.41) is 14.4. The van der Waals surface area contributed by atoms with Crippen LogP contribution in [-0.2, 0) is 0 Å². The molecule has 0 saturated heterocycles. The summed E-state index contributed by atoms with van der Waals surface area (Å²) in [5.41, 5.74) is 6.02. The predicted molar refractivity (Wildman–Crippen MR) is 80.3 cm³/mol. The summed E-state index contributed by atoms with van der Waals surface area (Å²) in [6.45, 7) is 1.49. The number of halogens is 2. The third-order valence-corrected chi connectivity index (χ3v) is 3.37. The van der Waals surface area contributed by atoms with Crippen molar-refractivity contribution in [3.63, 3.8) is 0 Å². The Kier molecular flexibility index (Phi) is 4.05. The number of benzene rings is 1. The van der Waals surface area contributed by atoms with E-state index < -0.39 is 4.92 Å². The van der Waals surface area contributed by atoms with Gasteiger partial charge in [0.05, 0.1) is 10.6 Å². The van der Waals surface area contributed by atoms with Gasteiger partial charge >= 0.3 is 5.69 Å². The van der Waals surface area contributed by atoms with E-state index in [1.54, 1.807) is 18.2 Å². The Hall–Kier alpha value is -1.93. The van der Waals surface area contributed by atoms with Crippen molar-refractivity contribution in [2.24, 2.45) is 0 Å². The second kappa shape index (κ2) is 5.59. The molecule has 0 aliphatic rings. The lowest BCUT2D eigenvalue weighted by atomic mass is 10.3. The number of hydrogen-bond donors (Lipinski definition) is 2. The number of anilines is 3. The maximum Gasteiger partial charge on any atom is 0.332 e. The van der Waals surface area contributed by atoms with Crippen molar-refractivity contribution >= 4 is 50.7 Å². The number of nitrogens with zero attached hydrogens (tertiary/aromatic N) is 3. The second-order valence-corrected chi connectivity index (χ2v) is 5.16. The highest BCUT2D eigenvalue weighted by Crippen LogP contribution is 2.33. The first-order valence-electron chi connectivity index (χ1n) is 5.39. The molecule has 0 atom stereocenters. The highest BCUT2D eigenvalue weighted by Gasteiger charge is 2.22. The SMILES string of the molecule is Cc1nc(N)nc(Nc2cc(Cl)ccc2Br)c1[N+](=O)[O-]. The van der Waals surface area contributed by atoms with Crippen LogP contribution in [0.3, 0.4) is 0 Å². The number of aromatic nitrogens is 2. The Morgan fingerprint density at radius 3 is 2.80 bits per heavy atom. The summed E-state index contributed by atoms with van der Waals surface area (Å²) < 4.78 is 0.686. The van der Waals surface area contributed by atoms with Gasteiger partial charge < -0.3 is 11.1 Å². The molecule has 0 spiro atoms. The van der Waals surface area contributed by atoms with Crippen molar-refractivity contribution in [1.29, 1.82) is 0 Å². The highest BCUT2D eigenvalue weighted by molar-refractivity contribution is 9.10. The molecular formula is C11H9BrClN5O2. The van der Waals surface area contributed by atoms with Crippen LogP contribution < -0.4 is 11.1 Å². The normalized spacial score (nSPS) is 10.3. The number of rotatable bonds is 3. The van der Waals surface area contributed by atoms with Crippen LogP contribution in [0.15, 0.2) is 22.7 Å². The van der Waals surface area contributed by atoms with E-state index in [-0.39, 0.29) is 23.1 Å². The van der Waals surface area contributed by atoms with Crippen LogP contribution in [0.5, 0.6) is 0 Å². The Balaban J connectivity index is 2.53. The van der Waals surface area contributed by atoms with Crippen molar-refractivity contribution in [2.75, 3.05) is 11.1 Å². The quantitative estimate of drug-likeness (QED) is 0.643. The van der Waals surface area contributed by atoms with Gasteiger partial charge in [-0.25, -0.2) is 4.98 Å². The number of nitrogens with two attached hydrogens (primary N) is 1. The average Bonchev–Trinajstić information content (AvgIpc) is 2.32. The molecule has 0 radical (unpaired) electrons. The molecule has 0 bridgehead atoms. The smallest absolute Gasteiger partial charge is 0.332 e. The predicted octanol–water partition coefficient (Wildman–Crippen LogP) is 3.43. The van der Waals surface area contributed by atoms with Gasteiger partial charge in [-0.2, -0.15) is 4.98 Å². The second-order valence-electron chi connectivity index (χ2n) is 3.87. The molecule has 0 fully saturated rings. The fraction of sp³-hybridized carbons (Fsp3) is 0.0909. The van der Waals surface area contributed by atoms with Gasteiger partial charge in [-0.05, 0) is 41.1 Å². The molecule has 1 aromatic carbocycles. The van der Waals surface area contributed by atoms with E-state index >= 15 is 0 Å². The zero-order chi connectivity index (χ0) is 14.9. The molecule has 104 valence electrons. The van der Waals surface area contributed by atoms with Crippen LogP contribution in [0, 0.1) is 17.0 Å². The number of nitrogen functional groups attached to an aromatic ring is 1. The monoisotopic (exact) mass is 357 g/mol. The number of nitro groups is 1. The van der Waals surface area contributed by atoms with E-state index in [0.29, 0.717) is 15.2 Å². The minimum atomic E-state index is -0.560. The van der Waals surface area contributed by atoms with Crippen molar-refractivity contribution in [2.45, 2.75) is 6.92 Å². The lowest BCUT2D eigenvalue weighted by molar-refractivity contribution is -0.385. The standard InChI is InChI=1S/C11H9BrClN5O2/c1-5-9(18(19)20)10(17-11(14)15-5)16-8-4-6(13)2-3-7(8)12/h2-4H,1H3,(H3,14,15,16,17). The summed E-state index contributed by atoms with van der Waals surface area (Å²) in [5.74, 6) is -0.0308. The van der Waals surface area contributed by atoms with Crippen LogP contribution >= 0.6 is 27.5 Å². The van der Waals surface area contributed by atoms with Crippen LogP contribution in [0.25, 0.3) is 0 Å². The lowest BCUT2D eigenvalue weighted by Crippen LogP contribution is -2.07. The molecule has 20 heavy (non-hydrogen) atoms. The van der Waals surface area contributed by atoms with Crippen LogP contribution in [0.2, 0.25) is 5.02 Å². The molecule has 3 N–H and O–H groups in total. The van der Waals surface area contributed by atoms with Crippen LogP contribution in [-0.4, -0.2) is 14.9 Å². The molecule has 2 rings (SSSR count). The largest absolute Gasteiger partial charge is 0.368 e. The topological polar surface area (TPSA) is 107 Å². The van der Waals surface area contributed by atoms with E-state index in [0.717, 1.165) is 0 Å². The summed E-state index contributed by atoms with van der Waals surface area (Å²) in [4.78, 5) is 18.2. The van der Waals surface area contributed by atoms with Gasteiger partial charge in [-0.3, -0.25) is 10.1 Å². The molecule has 0 saturated carbocycles. The zero-order valence-electron chi connectivity index (χ0n) is 10.2. The van der Waals surface area contributed by atoms with Crippen molar-refractivity contribution in [1.82, 2.24) is 9.97 Å². The summed E-state index contributed by atoms with van der Waals surface area (Å²) in [6, 6.07) is 5.02. The van der Waals surface area contributed by atoms with E-state index in [9.17, 15) is 10.1 Å². The van der Waals surface area contributed by atoms with Gasteiger partial charge in [0.15, 0.2) is 0 Å². The maximum absolute atomic E-state index is 11.1. The number of aryl methyl sites for hydroxylation is 1. The molecular weight excluding hydrogens is 350 g/mol. The molecule has 9 heteroatoms. The van der Waals surface area contributed by atoms with Crippen molar-refractivity contribution in [3.8, 4) is 0 Å². The first-order valence-corrected chi connectivity index (χ1v) is 6.56. The summed E-state index contributed by atoms with van der Waals surface area (Å²) in [6.07, 6.45) is 0. The fourth-order valence-corrected chi connectivity index (χ4v) is 2.13. The highest BCUT2D eigenvalue weighted by atomic mass is 79.9. The summed E-state index contributed by atoms with van der Waals surface area (Å²) in [7, 11) is 0. The Morgan fingerprint density at radius 1 is 1.45 bits per heavy atom. The van der Waals surface area contributed by atoms with Gasteiger partial charge in [0.25, 0.3) is 0 Å². The molecule has 7 nitrogen and oxygen atoms in total. The van der Waals surface area contributed by atoms with Crippen molar-refractivity contribution in [3.05, 3.63) is 43.5 Å².